The molecule has 0 aromatic heterocycles. The molecule has 0 radical (unpaired) electrons. The number of rotatable bonds is 15. The summed E-state index contributed by atoms with van der Waals surface area (Å²) in [6.07, 6.45) is 6.09. The highest BCUT2D eigenvalue weighted by Gasteiger charge is 2.46. The fourth-order valence-electron chi connectivity index (χ4n) is 3.63. The monoisotopic (exact) mass is 386 g/mol. The molecule has 3 unspecified atom stereocenters. The Balaban J connectivity index is 5.34. The van der Waals surface area contributed by atoms with E-state index < -0.39 is 24.0 Å². The Labute approximate surface area is 161 Å². The van der Waals surface area contributed by atoms with Crippen molar-refractivity contribution < 1.29 is 34.2 Å². The van der Waals surface area contributed by atoms with E-state index in [1.54, 1.807) is 13.8 Å². The molecule has 8 nitrogen and oxygen atoms in total. The van der Waals surface area contributed by atoms with Crippen molar-refractivity contribution in [3.8, 4) is 0 Å². The Bertz CT molecular complexity index is 484. The number of nitrogens with one attached hydrogen (secondary N) is 1. The Hall–Kier alpha value is -1.93. The van der Waals surface area contributed by atoms with E-state index in [1.807, 2.05) is 19.1 Å². The number of nitrogens with zero attached hydrogens (tertiary/aromatic N) is 1. The molecule has 0 aliphatic rings. The van der Waals surface area contributed by atoms with E-state index in [9.17, 15) is 29.7 Å². The lowest BCUT2D eigenvalue weighted by Crippen LogP contribution is -2.70. The summed E-state index contributed by atoms with van der Waals surface area (Å²) in [6, 6.07) is -2.09. The number of aliphatic hydroxyl groups excluding tert-OH is 1. The van der Waals surface area contributed by atoms with E-state index in [0.29, 0.717) is 12.8 Å². The maximum Gasteiger partial charge on any atom is 0.362 e. The van der Waals surface area contributed by atoms with E-state index in [-0.39, 0.29) is 49.5 Å². The normalized spacial score (nSPS) is 15.9. The third kappa shape index (κ3) is 7.68. The van der Waals surface area contributed by atoms with Crippen molar-refractivity contribution in [2.75, 3.05) is 26.2 Å². The number of amides is 1. The van der Waals surface area contributed by atoms with Crippen LogP contribution in [0.1, 0.15) is 52.9 Å². The van der Waals surface area contributed by atoms with E-state index in [2.05, 4.69) is 5.32 Å². The quantitative estimate of drug-likeness (QED) is 0.270. The first-order chi connectivity index (χ1) is 12.8. The van der Waals surface area contributed by atoms with Crippen molar-refractivity contribution in [1.82, 2.24) is 5.32 Å². The molecule has 8 heteroatoms. The van der Waals surface area contributed by atoms with Gasteiger partial charge in [-0.15, -0.1) is 0 Å². The fourth-order valence-corrected chi connectivity index (χ4v) is 3.63. The SMILES string of the molecule is CC/C=C/CCC(=O)NCC[N+](CCO)(C(CC)C(=O)[O-])C(CC)C(=O)O. The van der Waals surface area contributed by atoms with Crippen molar-refractivity contribution in [1.29, 1.82) is 0 Å². The zero-order valence-electron chi connectivity index (χ0n) is 16.6. The Morgan fingerprint density at radius 3 is 2.15 bits per heavy atom. The number of aliphatic hydroxyl groups is 1. The number of allylic oxidation sites excluding steroid dienone is 2. The maximum atomic E-state index is 12.0. The first kappa shape index (κ1) is 25.1. The Morgan fingerprint density at radius 1 is 1.07 bits per heavy atom. The first-order valence-electron chi connectivity index (χ1n) is 9.63. The van der Waals surface area contributed by atoms with Crippen LogP contribution in [-0.2, 0) is 14.4 Å². The summed E-state index contributed by atoms with van der Waals surface area (Å²) in [7, 11) is 0. The molecule has 3 N–H and O–H groups in total. The largest absolute Gasteiger partial charge is 0.544 e. The minimum atomic E-state index is -1.35. The molecule has 0 bridgehead atoms. The minimum Gasteiger partial charge on any atom is -0.544 e. The molecule has 0 saturated carbocycles. The summed E-state index contributed by atoms with van der Waals surface area (Å²) in [6.45, 7) is 5.15. The lowest BCUT2D eigenvalue weighted by molar-refractivity contribution is -0.959. The van der Waals surface area contributed by atoms with Crippen molar-refractivity contribution >= 4 is 17.8 Å². The second-order valence-electron chi connectivity index (χ2n) is 6.55. The van der Waals surface area contributed by atoms with Gasteiger partial charge in [0, 0.05) is 19.3 Å². The second-order valence-corrected chi connectivity index (χ2v) is 6.55. The smallest absolute Gasteiger partial charge is 0.362 e. The minimum absolute atomic E-state index is 0.0353. The third-order valence-electron chi connectivity index (χ3n) is 4.88. The summed E-state index contributed by atoms with van der Waals surface area (Å²) in [5, 5.41) is 33.6. The molecule has 0 rings (SSSR count). The van der Waals surface area contributed by atoms with Gasteiger partial charge in [-0.3, -0.25) is 4.79 Å². The molecular weight excluding hydrogens is 352 g/mol. The second kappa shape index (κ2) is 13.3. The zero-order valence-corrected chi connectivity index (χ0v) is 16.6. The van der Waals surface area contributed by atoms with Crippen LogP contribution in [-0.4, -0.2) is 70.9 Å². The molecule has 1 amide bonds. The lowest BCUT2D eigenvalue weighted by Gasteiger charge is -2.48. The van der Waals surface area contributed by atoms with Gasteiger partial charge in [0.15, 0.2) is 6.04 Å². The lowest BCUT2D eigenvalue weighted by atomic mass is 10.0. The summed E-state index contributed by atoms with van der Waals surface area (Å²) in [4.78, 5) is 35.4. The van der Waals surface area contributed by atoms with Gasteiger partial charge >= 0.3 is 5.97 Å². The molecule has 0 aliphatic carbocycles. The molecule has 0 aromatic rings. The molecule has 156 valence electrons. The number of hydrogen-bond donors (Lipinski definition) is 3. The van der Waals surface area contributed by atoms with E-state index >= 15 is 0 Å². The number of carboxylic acid groups (broad SMARTS) is 2. The molecular formula is C19H34N2O6. The van der Waals surface area contributed by atoms with Gasteiger partial charge in [-0.05, 0) is 12.8 Å². The molecule has 0 aliphatic heterocycles. The molecule has 0 heterocycles. The van der Waals surface area contributed by atoms with Crippen LogP contribution in [0.5, 0.6) is 0 Å². The highest BCUT2D eigenvalue weighted by Crippen LogP contribution is 2.24. The van der Waals surface area contributed by atoms with Crippen molar-refractivity contribution in [2.45, 2.75) is 65.0 Å². The summed E-state index contributed by atoms with van der Waals surface area (Å²) in [5.41, 5.74) is 0. The van der Waals surface area contributed by atoms with E-state index in [0.717, 1.165) is 6.42 Å². The van der Waals surface area contributed by atoms with Crippen LogP contribution >= 0.6 is 0 Å². The molecule has 0 spiro atoms. The van der Waals surface area contributed by atoms with Gasteiger partial charge < -0.3 is 29.9 Å². The van der Waals surface area contributed by atoms with Gasteiger partial charge in [0.25, 0.3) is 0 Å². The number of quaternary nitrogens is 1. The molecule has 3 atom stereocenters. The van der Waals surface area contributed by atoms with Gasteiger partial charge in [0.05, 0.1) is 25.7 Å². The number of carbonyl (C=O) groups excluding carboxylic acids is 2. The van der Waals surface area contributed by atoms with Crippen molar-refractivity contribution in [2.24, 2.45) is 0 Å². The summed E-state index contributed by atoms with van der Waals surface area (Å²) < 4.78 is -0.350. The molecule has 0 aromatic carbocycles. The van der Waals surface area contributed by atoms with Gasteiger partial charge in [-0.2, -0.15) is 0 Å². The highest BCUT2D eigenvalue weighted by molar-refractivity contribution is 5.76. The van der Waals surface area contributed by atoms with Crippen LogP contribution in [0.4, 0.5) is 0 Å². The number of aliphatic carboxylic acids is 2. The van der Waals surface area contributed by atoms with Crippen molar-refractivity contribution in [3.63, 3.8) is 0 Å². The topological polar surface area (TPSA) is 127 Å². The standard InChI is InChI=1S/C19H34N2O6/c1-4-7-8-9-10-17(23)20-11-12-21(13-14-22,15(5-2)18(24)25)16(6-3)19(26)27/h7-8,15-16,22H,4-6,9-14H2,1-3H3,(H2-,20,23,24,25,26,27)/b8-7+. The Kier molecular flexibility index (Phi) is 12.3. The van der Waals surface area contributed by atoms with Crippen molar-refractivity contribution in [3.05, 3.63) is 12.2 Å². The third-order valence-corrected chi connectivity index (χ3v) is 4.88. The predicted molar refractivity (Wildman–Crippen MR) is 99.6 cm³/mol. The maximum absolute atomic E-state index is 12.0. The van der Waals surface area contributed by atoms with Crippen LogP contribution in [0.2, 0.25) is 0 Å². The number of carboxylic acids is 2. The first-order valence-corrected chi connectivity index (χ1v) is 9.63. The van der Waals surface area contributed by atoms with Crippen LogP contribution in [0.3, 0.4) is 0 Å². The summed E-state index contributed by atoms with van der Waals surface area (Å²) in [5.74, 6) is -2.65. The van der Waals surface area contributed by atoms with Gasteiger partial charge in [-0.25, -0.2) is 4.79 Å². The Morgan fingerprint density at radius 2 is 1.70 bits per heavy atom. The van der Waals surface area contributed by atoms with Crippen LogP contribution in [0.25, 0.3) is 0 Å². The average molecular weight is 386 g/mol. The zero-order chi connectivity index (χ0) is 20.9. The average Bonchev–Trinajstić information content (AvgIpc) is 2.59. The van der Waals surface area contributed by atoms with E-state index in [1.165, 1.54) is 0 Å². The number of carbonyl (C=O) groups is 3. The van der Waals surface area contributed by atoms with Gasteiger partial charge in [0.1, 0.15) is 12.6 Å². The van der Waals surface area contributed by atoms with Crippen LogP contribution < -0.4 is 10.4 Å². The summed E-state index contributed by atoms with van der Waals surface area (Å²) >= 11 is 0. The van der Waals surface area contributed by atoms with E-state index in [4.69, 9.17) is 0 Å². The highest BCUT2D eigenvalue weighted by atomic mass is 16.4. The molecule has 0 saturated heterocycles. The van der Waals surface area contributed by atoms with Gasteiger partial charge in [-0.1, -0.05) is 32.9 Å². The molecule has 27 heavy (non-hydrogen) atoms. The van der Waals surface area contributed by atoms with Crippen LogP contribution in [0.15, 0.2) is 12.2 Å². The number of hydrogen-bond acceptors (Lipinski definition) is 5. The molecule has 0 fully saturated rings. The predicted octanol–water partition coefficient (Wildman–Crippen LogP) is 0.0498. The van der Waals surface area contributed by atoms with Gasteiger partial charge in [0.2, 0.25) is 5.91 Å². The van der Waals surface area contributed by atoms with Crippen LogP contribution in [0, 0.1) is 0 Å². The fraction of sp³-hybridized carbons (Fsp3) is 0.737.